The third-order valence-corrected chi connectivity index (χ3v) is 4.18. The number of nitrogens with zero attached hydrogens (tertiary/aromatic N) is 2. The fourth-order valence-electron chi connectivity index (χ4n) is 2.08. The lowest BCUT2D eigenvalue weighted by Crippen LogP contribution is -2.23. The van der Waals surface area contributed by atoms with Crippen molar-refractivity contribution in [3.63, 3.8) is 0 Å². The van der Waals surface area contributed by atoms with E-state index in [1.165, 1.54) is 13.3 Å². The van der Waals surface area contributed by atoms with Crippen LogP contribution in [0.1, 0.15) is 15.9 Å². The zero-order valence-electron chi connectivity index (χ0n) is 12.5. The molecule has 3 aromatic heterocycles. The lowest BCUT2D eigenvalue weighted by molar-refractivity contribution is 0.0950. The molecule has 0 atom stereocenters. The molecule has 0 aliphatic heterocycles. The van der Waals surface area contributed by atoms with Crippen LogP contribution in [0.3, 0.4) is 0 Å². The van der Waals surface area contributed by atoms with Crippen molar-refractivity contribution in [2.75, 3.05) is 7.11 Å². The summed E-state index contributed by atoms with van der Waals surface area (Å²) in [5.41, 5.74) is 2.50. The summed E-state index contributed by atoms with van der Waals surface area (Å²) >= 11 is 1.66. The fraction of sp³-hybridized carbons (Fsp3) is 0.118. The predicted molar refractivity (Wildman–Crippen MR) is 89.5 cm³/mol. The van der Waals surface area contributed by atoms with E-state index < -0.39 is 0 Å². The Hall–Kier alpha value is -2.73. The van der Waals surface area contributed by atoms with Crippen molar-refractivity contribution in [3.8, 4) is 16.3 Å². The second-order valence-electron chi connectivity index (χ2n) is 4.83. The van der Waals surface area contributed by atoms with Gasteiger partial charge in [-0.2, -0.15) is 0 Å². The Morgan fingerprint density at radius 3 is 2.87 bits per heavy atom. The molecule has 3 heterocycles. The van der Waals surface area contributed by atoms with Crippen LogP contribution in [-0.4, -0.2) is 23.0 Å². The summed E-state index contributed by atoms with van der Waals surface area (Å²) in [7, 11) is 1.54. The van der Waals surface area contributed by atoms with Crippen LogP contribution in [-0.2, 0) is 6.54 Å². The van der Waals surface area contributed by atoms with E-state index in [2.05, 4.69) is 15.3 Å². The first-order chi connectivity index (χ1) is 11.3. The minimum absolute atomic E-state index is 0.179. The number of ether oxygens (including phenoxy) is 1. The molecule has 3 aromatic rings. The van der Waals surface area contributed by atoms with Gasteiger partial charge in [-0.3, -0.25) is 9.78 Å². The molecule has 0 bridgehead atoms. The summed E-state index contributed by atoms with van der Waals surface area (Å²) in [6.45, 7) is 0.414. The number of carbonyl (C=O) groups is 1. The molecule has 0 radical (unpaired) electrons. The van der Waals surface area contributed by atoms with E-state index in [9.17, 15) is 4.79 Å². The van der Waals surface area contributed by atoms with E-state index in [0.717, 1.165) is 16.0 Å². The molecule has 0 fully saturated rings. The van der Waals surface area contributed by atoms with Crippen LogP contribution in [0.15, 0.2) is 54.3 Å². The van der Waals surface area contributed by atoms with E-state index in [0.29, 0.717) is 18.0 Å². The van der Waals surface area contributed by atoms with Gasteiger partial charge < -0.3 is 10.1 Å². The summed E-state index contributed by atoms with van der Waals surface area (Å²) in [5, 5.41) is 4.90. The predicted octanol–water partition coefficient (Wildman–Crippen LogP) is 3.14. The smallest absolute Gasteiger partial charge is 0.253 e. The molecular formula is C17H15N3O2S. The number of nitrogens with one attached hydrogen (secondary N) is 1. The summed E-state index contributed by atoms with van der Waals surface area (Å²) < 4.78 is 4.98. The highest BCUT2D eigenvalue weighted by Crippen LogP contribution is 2.24. The summed E-state index contributed by atoms with van der Waals surface area (Å²) in [6.07, 6.45) is 5.07. The molecule has 3 rings (SSSR count). The number of hydrogen-bond acceptors (Lipinski definition) is 5. The van der Waals surface area contributed by atoms with E-state index in [4.69, 9.17) is 4.74 Å². The van der Waals surface area contributed by atoms with Gasteiger partial charge >= 0.3 is 0 Å². The van der Waals surface area contributed by atoms with Gasteiger partial charge in [0.1, 0.15) is 0 Å². The number of methoxy groups -OCH3 is 1. The zero-order chi connectivity index (χ0) is 16.1. The number of carbonyl (C=O) groups excluding carboxylic acids is 1. The molecule has 0 spiro atoms. The lowest BCUT2D eigenvalue weighted by Gasteiger charge is -2.07. The van der Waals surface area contributed by atoms with Crippen molar-refractivity contribution in [2.24, 2.45) is 0 Å². The zero-order valence-corrected chi connectivity index (χ0v) is 13.3. The van der Waals surface area contributed by atoms with Crippen molar-refractivity contribution in [3.05, 3.63) is 65.4 Å². The van der Waals surface area contributed by atoms with Gasteiger partial charge in [-0.15, -0.1) is 11.3 Å². The van der Waals surface area contributed by atoms with Crippen LogP contribution in [0.5, 0.6) is 5.88 Å². The summed E-state index contributed by atoms with van der Waals surface area (Å²) in [4.78, 5) is 21.5. The Morgan fingerprint density at radius 1 is 1.26 bits per heavy atom. The van der Waals surface area contributed by atoms with Gasteiger partial charge in [0.2, 0.25) is 5.88 Å². The molecular weight excluding hydrogens is 310 g/mol. The number of thiophene rings is 1. The molecule has 0 unspecified atom stereocenters. The van der Waals surface area contributed by atoms with Crippen molar-refractivity contribution >= 4 is 17.2 Å². The summed E-state index contributed by atoms with van der Waals surface area (Å²) in [5.74, 6) is 0.302. The van der Waals surface area contributed by atoms with E-state index in [1.54, 1.807) is 29.7 Å². The Balaban J connectivity index is 1.65. The first-order valence-corrected chi connectivity index (χ1v) is 7.90. The third kappa shape index (κ3) is 3.73. The maximum atomic E-state index is 12.1. The number of rotatable bonds is 5. The minimum Gasteiger partial charge on any atom is -0.481 e. The highest BCUT2D eigenvalue weighted by atomic mass is 32.1. The number of pyridine rings is 2. The highest BCUT2D eigenvalue weighted by molar-refractivity contribution is 7.13. The van der Waals surface area contributed by atoms with Crippen molar-refractivity contribution in [1.29, 1.82) is 0 Å². The maximum Gasteiger partial charge on any atom is 0.253 e. The monoisotopic (exact) mass is 325 g/mol. The molecule has 0 aliphatic rings. The van der Waals surface area contributed by atoms with Gasteiger partial charge in [-0.25, -0.2) is 4.98 Å². The Kier molecular flexibility index (Phi) is 4.63. The standard InChI is InChI=1S/C17H15N3O2S/c1-22-16-5-4-13(11-19-16)17(21)20-9-12-7-14(10-18-8-12)15-3-2-6-23-15/h2-8,10-11H,9H2,1H3,(H,20,21). The van der Waals surface area contributed by atoms with Crippen LogP contribution in [0, 0.1) is 0 Å². The van der Waals surface area contributed by atoms with Crippen LogP contribution < -0.4 is 10.1 Å². The van der Waals surface area contributed by atoms with Gasteiger partial charge in [0.25, 0.3) is 5.91 Å². The van der Waals surface area contributed by atoms with Crippen LogP contribution in [0.25, 0.3) is 10.4 Å². The molecule has 23 heavy (non-hydrogen) atoms. The van der Waals surface area contributed by atoms with Gasteiger partial charge in [-0.05, 0) is 29.1 Å². The molecule has 0 saturated carbocycles. The average Bonchev–Trinajstić information content (AvgIpc) is 3.15. The number of aromatic nitrogens is 2. The number of hydrogen-bond donors (Lipinski definition) is 1. The van der Waals surface area contributed by atoms with E-state index in [1.807, 2.05) is 29.8 Å². The molecule has 6 heteroatoms. The van der Waals surface area contributed by atoms with E-state index in [-0.39, 0.29) is 5.91 Å². The second kappa shape index (κ2) is 7.02. The highest BCUT2D eigenvalue weighted by Gasteiger charge is 2.07. The van der Waals surface area contributed by atoms with Crippen molar-refractivity contribution < 1.29 is 9.53 Å². The molecule has 1 N–H and O–H groups in total. The Labute approximate surface area is 138 Å². The van der Waals surface area contributed by atoms with Crippen LogP contribution in [0.4, 0.5) is 0 Å². The molecule has 5 nitrogen and oxygen atoms in total. The normalized spacial score (nSPS) is 10.3. The fourth-order valence-corrected chi connectivity index (χ4v) is 2.79. The third-order valence-electron chi connectivity index (χ3n) is 3.26. The Morgan fingerprint density at radius 2 is 2.17 bits per heavy atom. The first kappa shape index (κ1) is 15.2. The number of amides is 1. The van der Waals surface area contributed by atoms with Crippen LogP contribution >= 0.6 is 11.3 Å². The Bertz CT molecular complexity index is 786. The minimum atomic E-state index is -0.179. The molecule has 1 amide bonds. The van der Waals surface area contributed by atoms with Gasteiger partial charge in [0.15, 0.2) is 0 Å². The second-order valence-corrected chi connectivity index (χ2v) is 5.78. The van der Waals surface area contributed by atoms with Crippen molar-refractivity contribution in [2.45, 2.75) is 6.54 Å². The van der Waals surface area contributed by atoms with Gasteiger partial charge in [-0.1, -0.05) is 6.07 Å². The molecule has 116 valence electrons. The largest absolute Gasteiger partial charge is 0.481 e. The SMILES string of the molecule is COc1ccc(C(=O)NCc2cncc(-c3cccs3)c2)cn1. The molecule has 0 aliphatic carbocycles. The van der Waals surface area contributed by atoms with Gasteiger partial charge in [0.05, 0.1) is 12.7 Å². The van der Waals surface area contributed by atoms with Crippen LogP contribution in [0.2, 0.25) is 0 Å². The molecule has 0 saturated heterocycles. The van der Waals surface area contributed by atoms with Gasteiger partial charge in [0, 0.05) is 41.6 Å². The summed E-state index contributed by atoms with van der Waals surface area (Å²) in [6, 6.07) is 9.43. The maximum absolute atomic E-state index is 12.1. The first-order valence-electron chi connectivity index (χ1n) is 7.02. The average molecular weight is 325 g/mol. The lowest BCUT2D eigenvalue weighted by atomic mass is 10.1. The topological polar surface area (TPSA) is 64.1 Å². The van der Waals surface area contributed by atoms with Crippen molar-refractivity contribution in [1.82, 2.24) is 15.3 Å². The quantitative estimate of drug-likeness (QED) is 0.783. The molecule has 0 aromatic carbocycles. The van der Waals surface area contributed by atoms with E-state index >= 15 is 0 Å².